The summed E-state index contributed by atoms with van der Waals surface area (Å²) in [6.07, 6.45) is 0. The van der Waals surface area contributed by atoms with Crippen LogP contribution in [-0.4, -0.2) is 12.5 Å². The molecule has 6 heteroatoms. The van der Waals surface area contributed by atoms with E-state index in [-0.39, 0.29) is 29.6 Å². The lowest BCUT2D eigenvalue weighted by Crippen LogP contribution is -2.87. The van der Waals surface area contributed by atoms with E-state index in [1.807, 2.05) is 49.5 Å². The Balaban J connectivity index is 1.91. The Morgan fingerprint density at radius 3 is 2.50 bits per heavy atom. The van der Waals surface area contributed by atoms with E-state index in [0.29, 0.717) is 10.6 Å². The Morgan fingerprint density at radius 1 is 1.17 bits per heavy atom. The van der Waals surface area contributed by atoms with Crippen LogP contribution in [0.4, 0.5) is 4.39 Å². The first kappa shape index (κ1) is 18.7. The Hall–Kier alpha value is -1.62. The molecule has 2 rings (SSSR count). The van der Waals surface area contributed by atoms with Crippen molar-refractivity contribution in [1.82, 2.24) is 5.32 Å². The van der Waals surface area contributed by atoms with Crippen LogP contribution in [0.1, 0.15) is 37.1 Å². The lowest BCUT2D eigenvalue weighted by atomic mass is 10.1. The monoisotopic (exact) mass is 369 g/mol. The number of halogens is 3. The van der Waals surface area contributed by atoms with Gasteiger partial charge in [0.25, 0.3) is 5.91 Å². The topological polar surface area (TPSA) is 45.7 Å². The molecule has 3 nitrogen and oxygen atoms in total. The number of amides is 1. The quantitative estimate of drug-likeness (QED) is 0.750. The van der Waals surface area contributed by atoms with Gasteiger partial charge in [-0.25, -0.2) is 4.39 Å². The van der Waals surface area contributed by atoms with Crippen molar-refractivity contribution >= 4 is 29.1 Å². The highest BCUT2D eigenvalue weighted by atomic mass is 35.5. The Kier molecular flexibility index (Phi) is 6.60. The first-order valence-electron chi connectivity index (χ1n) is 7.70. The van der Waals surface area contributed by atoms with E-state index >= 15 is 0 Å². The highest BCUT2D eigenvalue weighted by Gasteiger charge is 2.18. The molecule has 0 unspecified atom stereocenters. The van der Waals surface area contributed by atoms with Gasteiger partial charge < -0.3 is 10.6 Å². The zero-order chi connectivity index (χ0) is 17.7. The van der Waals surface area contributed by atoms with Gasteiger partial charge >= 0.3 is 0 Å². The number of carbonyl (C=O) groups is 1. The van der Waals surface area contributed by atoms with Crippen LogP contribution in [0.2, 0.25) is 10.0 Å². The van der Waals surface area contributed by atoms with Crippen LogP contribution in [-0.2, 0) is 4.79 Å². The minimum Gasteiger partial charge on any atom is -0.345 e. The summed E-state index contributed by atoms with van der Waals surface area (Å²) in [4.78, 5) is 12.1. The summed E-state index contributed by atoms with van der Waals surface area (Å²) in [5.41, 5.74) is 1.66. The number of nitrogens with two attached hydrogens (primary N) is 1. The summed E-state index contributed by atoms with van der Waals surface area (Å²) in [6, 6.07) is 12.2. The molecule has 3 N–H and O–H groups in total. The number of hydrogen-bond acceptors (Lipinski definition) is 1. The number of hydrogen-bond donors (Lipinski definition) is 2. The van der Waals surface area contributed by atoms with E-state index in [0.717, 1.165) is 5.56 Å². The van der Waals surface area contributed by atoms with Crippen molar-refractivity contribution in [3.63, 3.8) is 0 Å². The molecule has 0 saturated heterocycles. The van der Waals surface area contributed by atoms with Crippen molar-refractivity contribution in [1.29, 1.82) is 0 Å². The summed E-state index contributed by atoms with van der Waals surface area (Å²) < 4.78 is 13.6. The van der Waals surface area contributed by atoms with Gasteiger partial charge in [-0.05, 0) is 31.5 Å². The van der Waals surface area contributed by atoms with E-state index < -0.39 is 5.82 Å². The summed E-state index contributed by atoms with van der Waals surface area (Å²) in [5.74, 6) is -0.609. The zero-order valence-corrected chi connectivity index (χ0v) is 15.0. The minimum absolute atomic E-state index is 0.00891. The maximum absolute atomic E-state index is 13.6. The van der Waals surface area contributed by atoms with Crippen LogP contribution < -0.4 is 10.6 Å². The number of quaternary nitrogens is 1. The molecule has 0 aromatic heterocycles. The summed E-state index contributed by atoms with van der Waals surface area (Å²) in [7, 11) is 0. The predicted molar refractivity (Wildman–Crippen MR) is 94.6 cm³/mol. The fourth-order valence-electron chi connectivity index (χ4n) is 2.42. The smallest absolute Gasteiger partial charge is 0.275 e. The third kappa shape index (κ3) is 4.94. The number of nitrogens with one attached hydrogen (secondary N) is 1. The van der Waals surface area contributed by atoms with Crippen molar-refractivity contribution in [3.05, 3.63) is 69.5 Å². The molecule has 0 bridgehead atoms. The molecule has 2 aromatic rings. The fraction of sp³-hybridized carbons (Fsp3) is 0.278. The Labute approximate surface area is 151 Å². The van der Waals surface area contributed by atoms with Crippen molar-refractivity contribution in [3.8, 4) is 0 Å². The molecule has 0 aliphatic heterocycles. The molecule has 0 heterocycles. The van der Waals surface area contributed by atoms with Crippen LogP contribution in [0.25, 0.3) is 0 Å². The third-order valence-corrected chi connectivity index (χ3v) is 4.48. The second-order valence-corrected chi connectivity index (χ2v) is 6.53. The van der Waals surface area contributed by atoms with Gasteiger partial charge in [-0.3, -0.25) is 4.79 Å². The van der Waals surface area contributed by atoms with Gasteiger partial charge in [0, 0.05) is 5.56 Å². The van der Waals surface area contributed by atoms with Crippen molar-refractivity contribution in [2.75, 3.05) is 6.54 Å². The van der Waals surface area contributed by atoms with E-state index in [4.69, 9.17) is 23.2 Å². The summed E-state index contributed by atoms with van der Waals surface area (Å²) >= 11 is 11.8. The van der Waals surface area contributed by atoms with Gasteiger partial charge in [-0.1, -0.05) is 53.5 Å². The van der Waals surface area contributed by atoms with Gasteiger partial charge in [0.15, 0.2) is 6.54 Å². The van der Waals surface area contributed by atoms with E-state index in [9.17, 15) is 9.18 Å². The number of rotatable bonds is 6. The first-order valence-corrected chi connectivity index (χ1v) is 8.46. The van der Waals surface area contributed by atoms with Crippen LogP contribution in [0.15, 0.2) is 42.5 Å². The molecule has 2 atom stereocenters. The first-order chi connectivity index (χ1) is 11.4. The highest BCUT2D eigenvalue weighted by molar-refractivity contribution is 6.35. The van der Waals surface area contributed by atoms with Gasteiger partial charge in [-0.2, -0.15) is 0 Å². The van der Waals surface area contributed by atoms with Crippen LogP contribution in [0.3, 0.4) is 0 Å². The standard InChI is InChI=1S/C18H19Cl2FN2O/c1-11(13-6-4-3-5-7-13)23-18(24)10-22-12(2)14-8-17(21)16(20)9-15(14)19/h3-9,11-12,22H,10H2,1-2H3,(H,23,24)/p+1/t11-,12+/m1/s1. The molecular weight excluding hydrogens is 350 g/mol. The molecule has 128 valence electrons. The maximum atomic E-state index is 13.6. The van der Waals surface area contributed by atoms with Gasteiger partial charge in [-0.15, -0.1) is 0 Å². The van der Waals surface area contributed by atoms with Gasteiger partial charge in [0.2, 0.25) is 0 Å². The summed E-state index contributed by atoms with van der Waals surface area (Å²) in [5, 5.41) is 5.13. The normalized spacial score (nSPS) is 13.4. The van der Waals surface area contributed by atoms with Crippen LogP contribution in [0, 0.1) is 5.82 Å². The Morgan fingerprint density at radius 2 is 1.83 bits per heavy atom. The lowest BCUT2D eigenvalue weighted by molar-refractivity contribution is -0.682. The SMILES string of the molecule is C[C@H]([NH2+]CC(=O)N[C@H](C)c1ccccc1)c1cc(F)c(Cl)cc1Cl. The zero-order valence-electron chi connectivity index (χ0n) is 13.5. The molecule has 0 saturated carbocycles. The second kappa shape index (κ2) is 8.47. The molecule has 0 fully saturated rings. The minimum atomic E-state index is -0.515. The van der Waals surface area contributed by atoms with Crippen LogP contribution in [0.5, 0.6) is 0 Å². The second-order valence-electron chi connectivity index (χ2n) is 5.72. The van der Waals surface area contributed by atoms with Gasteiger partial charge in [0.1, 0.15) is 11.9 Å². The van der Waals surface area contributed by atoms with E-state index in [1.165, 1.54) is 12.1 Å². The average Bonchev–Trinajstić information content (AvgIpc) is 2.56. The van der Waals surface area contributed by atoms with E-state index in [2.05, 4.69) is 5.32 Å². The van der Waals surface area contributed by atoms with Crippen molar-refractivity contribution in [2.24, 2.45) is 0 Å². The molecule has 24 heavy (non-hydrogen) atoms. The largest absolute Gasteiger partial charge is 0.345 e. The Bertz CT molecular complexity index is 710. The lowest BCUT2D eigenvalue weighted by Gasteiger charge is -2.16. The van der Waals surface area contributed by atoms with E-state index in [1.54, 1.807) is 0 Å². The summed E-state index contributed by atoms with van der Waals surface area (Å²) in [6.45, 7) is 4.02. The number of carbonyl (C=O) groups excluding carboxylic acids is 1. The van der Waals surface area contributed by atoms with Crippen molar-refractivity contribution < 1.29 is 14.5 Å². The molecule has 0 spiro atoms. The molecule has 0 aliphatic rings. The molecule has 2 aromatic carbocycles. The molecule has 0 aliphatic carbocycles. The fourth-order valence-corrected chi connectivity index (χ4v) is 2.98. The predicted octanol–water partition coefficient (Wildman–Crippen LogP) is 3.63. The van der Waals surface area contributed by atoms with Gasteiger partial charge in [0.05, 0.1) is 16.1 Å². The molecule has 1 amide bonds. The number of benzene rings is 2. The maximum Gasteiger partial charge on any atom is 0.275 e. The average molecular weight is 370 g/mol. The molecular formula is C18H20Cl2FN2O+. The third-order valence-electron chi connectivity index (χ3n) is 3.86. The van der Waals surface area contributed by atoms with Crippen molar-refractivity contribution in [2.45, 2.75) is 25.9 Å². The highest BCUT2D eigenvalue weighted by Crippen LogP contribution is 2.27. The molecule has 0 radical (unpaired) electrons. The van der Waals surface area contributed by atoms with Crippen LogP contribution >= 0.6 is 23.2 Å².